The Kier molecular flexibility index (Phi) is 3.44. The number of nitrogens with two attached hydrogens (primary N) is 1. The van der Waals surface area contributed by atoms with Gasteiger partial charge in [0.15, 0.2) is 0 Å². The highest BCUT2D eigenvalue weighted by molar-refractivity contribution is 5.53. The van der Waals surface area contributed by atoms with Gasteiger partial charge in [0.2, 0.25) is 5.95 Å². The summed E-state index contributed by atoms with van der Waals surface area (Å²) in [4.78, 5) is 11.1. The third-order valence-electron chi connectivity index (χ3n) is 4.52. The van der Waals surface area contributed by atoms with Crippen LogP contribution in [0.1, 0.15) is 38.5 Å². The Bertz CT molecular complexity index is 445. The normalized spacial score (nSPS) is 26.9. The van der Waals surface area contributed by atoms with E-state index in [9.17, 15) is 0 Å². The first kappa shape index (κ1) is 12.5. The van der Waals surface area contributed by atoms with Gasteiger partial charge in [-0.1, -0.05) is 12.8 Å². The van der Waals surface area contributed by atoms with Gasteiger partial charge in [-0.05, 0) is 31.6 Å². The van der Waals surface area contributed by atoms with Gasteiger partial charge in [0.25, 0.3) is 0 Å². The zero-order valence-corrected chi connectivity index (χ0v) is 11.6. The Hall–Kier alpha value is -1.52. The fourth-order valence-electron chi connectivity index (χ4n) is 3.64. The van der Waals surface area contributed by atoms with Crippen molar-refractivity contribution in [3.8, 4) is 0 Å². The first-order chi connectivity index (χ1) is 9.28. The van der Waals surface area contributed by atoms with Crippen LogP contribution in [0.3, 0.4) is 0 Å². The van der Waals surface area contributed by atoms with Crippen LogP contribution >= 0.6 is 0 Å². The number of rotatable bonds is 2. The monoisotopic (exact) mass is 261 g/mol. The predicted molar refractivity (Wildman–Crippen MR) is 78.3 cm³/mol. The van der Waals surface area contributed by atoms with Gasteiger partial charge in [-0.2, -0.15) is 9.97 Å². The number of nitrogen functional groups attached to an aromatic ring is 1. The largest absolute Gasteiger partial charge is 0.373 e. The Morgan fingerprint density at radius 3 is 2.84 bits per heavy atom. The van der Waals surface area contributed by atoms with Crippen LogP contribution in [-0.4, -0.2) is 29.6 Å². The van der Waals surface area contributed by atoms with Crippen LogP contribution in [0.25, 0.3) is 0 Å². The molecule has 0 bridgehead atoms. The number of nitrogens with zero attached hydrogens (tertiary/aromatic N) is 3. The maximum Gasteiger partial charge on any atom is 0.223 e. The Morgan fingerprint density at radius 2 is 2.00 bits per heavy atom. The number of hydrogen-bond acceptors (Lipinski definition) is 5. The molecule has 104 valence electrons. The first-order valence-corrected chi connectivity index (χ1v) is 7.37. The van der Waals surface area contributed by atoms with Gasteiger partial charge in [-0.3, -0.25) is 0 Å². The minimum atomic E-state index is 0.361. The van der Waals surface area contributed by atoms with E-state index in [1.165, 1.54) is 38.5 Å². The molecule has 2 heterocycles. The van der Waals surface area contributed by atoms with E-state index in [0.717, 1.165) is 24.1 Å². The molecule has 5 heteroatoms. The fourth-order valence-corrected chi connectivity index (χ4v) is 3.64. The summed E-state index contributed by atoms with van der Waals surface area (Å²) in [6.07, 6.45) is 8.05. The lowest BCUT2D eigenvalue weighted by Crippen LogP contribution is -2.47. The smallest absolute Gasteiger partial charge is 0.223 e. The van der Waals surface area contributed by atoms with Crippen molar-refractivity contribution in [1.29, 1.82) is 0 Å². The zero-order chi connectivity index (χ0) is 13.2. The lowest BCUT2D eigenvalue weighted by atomic mass is 9.78. The Balaban J connectivity index is 1.89. The number of anilines is 3. The van der Waals surface area contributed by atoms with Crippen LogP contribution in [0.2, 0.25) is 0 Å². The maximum atomic E-state index is 5.82. The molecule has 1 aromatic heterocycles. The molecule has 0 aromatic carbocycles. The summed E-state index contributed by atoms with van der Waals surface area (Å²) in [6.45, 7) is 1.10. The zero-order valence-electron chi connectivity index (χ0n) is 11.6. The number of hydrogen-bond donors (Lipinski definition) is 2. The number of fused-ring (bicyclic) bond motifs is 1. The highest BCUT2D eigenvalue weighted by Crippen LogP contribution is 2.37. The molecule has 3 rings (SSSR count). The average molecular weight is 261 g/mol. The molecule has 0 amide bonds. The van der Waals surface area contributed by atoms with Crippen LogP contribution in [0.5, 0.6) is 0 Å². The van der Waals surface area contributed by atoms with Crippen molar-refractivity contribution < 1.29 is 0 Å². The maximum absolute atomic E-state index is 5.82. The molecule has 0 radical (unpaired) electrons. The molecule has 5 nitrogen and oxygen atoms in total. The molecule has 1 aliphatic carbocycles. The van der Waals surface area contributed by atoms with Gasteiger partial charge in [0.05, 0.1) is 0 Å². The van der Waals surface area contributed by atoms with Crippen molar-refractivity contribution in [2.75, 3.05) is 29.5 Å². The third kappa shape index (κ3) is 2.46. The van der Waals surface area contributed by atoms with Gasteiger partial charge in [-0.15, -0.1) is 0 Å². The molecule has 2 atom stereocenters. The molecule has 1 aromatic rings. The average Bonchev–Trinajstić information content (AvgIpc) is 2.46. The summed E-state index contributed by atoms with van der Waals surface area (Å²) in [5.41, 5.74) is 5.82. The van der Waals surface area contributed by atoms with E-state index in [0.29, 0.717) is 12.0 Å². The van der Waals surface area contributed by atoms with E-state index in [1.807, 2.05) is 13.1 Å². The first-order valence-electron chi connectivity index (χ1n) is 7.37. The summed E-state index contributed by atoms with van der Waals surface area (Å²) in [5, 5.41) is 3.06. The van der Waals surface area contributed by atoms with Crippen molar-refractivity contribution in [2.24, 2.45) is 5.92 Å². The predicted octanol–water partition coefficient (Wildman–Crippen LogP) is 2.26. The highest BCUT2D eigenvalue weighted by Gasteiger charge is 2.34. The fraction of sp³-hybridized carbons (Fsp3) is 0.714. The van der Waals surface area contributed by atoms with Gasteiger partial charge >= 0.3 is 0 Å². The molecule has 19 heavy (non-hydrogen) atoms. The second-order valence-electron chi connectivity index (χ2n) is 5.67. The SMILES string of the molecule is CNc1cc(N2CCC[C@H]3CCCC[C@H]32)nc(N)n1. The van der Waals surface area contributed by atoms with Crippen LogP contribution in [0, 0.1) is 5.92 Å². The minimum absolute atomic E-state index is 0.361. The van der Waals surface area contributed by atoms with Crippen molar-refractivity contribution >= 4 is 17.6 Å². The molecule has 3 N–H and O–H groups in total. The standard InChI is InChI=1S/C14H23N5/c1-16-12-9-13(18-14(15)17-12)19-8-4-6-10-5-2-3-7-11(10)19/h9-11H,2-8H2,1H3,(H3,15,16,17,18)/t10-,11-/m1/s1. The van der Waals surface area contributed by atoms with Crippen LogP contribution in [0.15, 0.2) is 6.07 Å². The molecular formula is C14H23N5. The van der Waals surface area contributed by atoms with E-state index in [4.69, 9.17) is 5.73 Å². The van der Waals surface area contributed by atoms with E-state index < -0.39 is 0 Å². The third-order valence-corrected chi connectivity index (χ3v) is 4.52. The minimum Gasteiger partial charge on any atom is -0.373 e. The number of piperidine rings is 1. The van der Waals surface area contributed by atoms with E-state index in [2.05, 4.69) is 20.2 Å². The Labute approximate surface area is 114 Å². The van der Waals surface area contributed by atoms with Crippen molar-refractivity contribution in [3.05, 3.63) is 6.07 Å². The van der Waals surface area contributed by atoms with Crippen LogP contribution < -0.4 is 16.0 Å². The number of nitrogens with one attached hydrogen (secondary N) is 1. The quantitative estimate of drug-likeness (QED) is 0.854. The van der Waals surface area contributed by atoms with Crippen LogP contribution in [-0.2, 0) is 0 Å². The summed E-state index contributed by atoms with van der Waals surface area (Å²) in [7, 11) is 1.87. The highest BCUT2D eigenvalue weighted by atomic mass is 15.2. The molecule has 1 aliphatic heterocycles. The summed E-state index contributed by atoms with van der Waals surface area (Å²) >= 11 is 0. The van der Waals surface area contributed by atoms with E-state index >= 15 is 0 Å². The topological polar surface area (TPSA) is 67.1 Å². The van der Waals surface area contributed by atoms with Crippen LogP contribution in [0.4, 0.5) is 17.6 Å². The summed E-state index contributed by atoms with van der Waals surface area (Å²) in [6, 6.07) is 2.68. The summed E-state index contributed by atoms with van der Waals surface area (Å²) in [5.74, 6) is 3.00. The molecule has 1 saturated heterocycles. The lowest BCUT2D eigenvalue weighted by molar-refractivity contribution is 0.243. The molecule has 2 fully saturated rings. The van der Waals surface area contributed by atoms with Crippen molar-refractivity contribution in [3.63, 3.8) is 0 Å². The van der Waals surface area contributed by atoms with Crippen molar-refractivity contribution in [1.82, 2.24) is 9.97 Å². The lowest BCUT2D eigenvalue weighted by Gasteiger charge is -2.44. The summed E-state index contributed by atoms with van der Waals surface area (Å²) < 4.78 is 0. The molecular weight excluding hydrogens is 238 g/mol. The van der Waals surface area contributed by atoms with Gasteiger partial charge in [0, 0.05) is 25.7 Å². The molecule has 2 aliphatic rings. The van der Waals surface area contributed by atoms with Gasteiger partial charge in [0.1, 0.15) is 11.6 Å². The van der Waals surface area contributed by atoms with Gasteiger partial charge in [-0.25, -0.2) is 0 Å². The molecule has 0 spiro atoms. The van der Waals surface area contributed by atoms with E-state index in [-0.39, 0.29) is 0 Å². The molecule has 1 saturated carbocycles. The molecule has 0 unspecified atom stereocenters. The second kappa shape index (κ2) is 5.23. The number of aromatic nitrogens is 2. The second-order valence-corrected chi connectivity index (χ2v) is 5.67. The van der Waals surface area contributed by atoms with Gasteiger partial charge < -0.3 is 16.0 Å². The van der Waals surface area contributed by atoms with Crippen molar-refractivity contribution in [2.45, 2.75) is 44.6 Å². The Morgan fingerprint density at radius 1 is 1.21 bits per heavy atom. The van der Waals surface area contributed by atoms with E-state index in [1.54, 1.807) is 0 Å².